The van der Waals surface area contributed by atoms with Crippen LogP contribution in [0.1, 0.15) is 17.9 Å². The summed E-state index contributed by atoms with van der Waals surface area (Å²) in [4.78, 5) is 1.96. The van der Waals surface area contributed by atoms with Crippen molar-refractivity contribution in [1.29, 1.82) is 0 Å². The van der Waals surface area contributed by atoms with E-state index in [1.54, 1.807) is 0 Å². The van der Waals surface area contributed by atoms with Gasteiger partial charge in [0.25, 0.3) is 0 Å². The van der Waals surface area contributed by atoms with E-state index in [2.05, 4.69) is 9.88 Å². The Hall–Kier alpha value is -1.01. The van der Waals surface area contributed by atoms with Crippen LogP contribution in [0.2, 0.25) is 0 Å². The van der Waals surface area contributed by atoms with Crippen molar-refractivity contribution in [3.63, 3.8) is 0 Å². The Balaban J connectivity index is 2.68. The molecule has 0 aliphatic carbocycles. The van der Waals surface area contributed by atoms with Crippen LogP contribution in [0.5, 0.6) is 0 Å². The molecule has 0 unspecified atom stereocenters. The normalized spacial score (nSPS) is 13.1. The summed E-state index contributed by atoms with van der Waals surface area (Å²) in [6, 6.07) is 0. The highest BCUT2D eigenvalue weighted by molar-refractivity contribution is 7.89. The smallest absolute Gasteiger partial charge is 0.246 e. The van der Waals surface area contributed by atoms with Crippen LogP contribution in [0.25, 0.3) is 0 Å². The van der Waals surface area contributed by atoms with Gasteiger partial charge in [0.15, 0.2) is 5.76 Å². The van der Waals surface area contributed by atoms with E-state index < -0.39 is 20.0 Å². The van der Waals surface area contributed by atoms with Crippen LogP contribution in [0.4, 0.5) is 0 Å². The highest BCUT2D eigenvalue weighted by Gasteiger charge is 2.24. The van der Waals surface area contributed by atoms with Crippen molar-refractivity contribution in [3.8, 4) is 0 Å². The molecule has 0 aliphatic heterocycles. The zero-order chi connectivity index (χ0) is 18.5. The zero-order valence-electron chi connectivity index (χ0n) is 14.7. The third-order valence-corrected chi connectivity index (χ3v) is 6.38. The number of sulfonamides is 2. The molecule has 1 N–H and O–H groups in total. The molecule has 0 spiro atoms. The number of rotatable bonds is 10. The molecule has 0 aromatic carbocycles. The number of hydrogen-bond donors (Lipinski definition) is 1. The standard InChI is InChI=1S/C13H26N4O5S2/c1-11-13(12(2)22-15-11)24(20,21)14-7-10-17(23(5,18)19)9-6-8-16(3)4/h14H,6-10H2,1-5H3. The van der Waals surface area contributed by atoms with E-state index in [1.165, 1.54) is 18.2 Å². The quantitative estimate of drug-likeness (QED) is 0.595. The fourth-order valence-electron chi connectivity index (χ4n) is 2.24. The van der Waals surface area contributed by atoms with Crippen molar-refractivity contribution < 1.29 is 21.4 Å². The molecule has 1 aromatic rings. The van der Waals surface area contributed by atoms with Crippen LogP contribution >= 0.6 is 0 Å². The molecule has 0 saturated heterocycles. The first-order valence-corrected chi connectivity index (χ1v) is 10.8. The van der Waals surface area contributed by atoms with Gasteiger partial charge in [0, 0.05) is 19.6 Å². The second-order valence-electron chi connectivity index (χ2n) is 5.87. The second-order valence-corrected chi connectivity index (χ2v) is 9.56. The minimum Gasteiger partial charge on any atom is -0.360 e. The van der Waals surface area contributed by atoms with Gasteiger partial charge in [-0.05, 0) is 40.9 Å². The first kappa shape index (κ1) is 21.0. The molecule has 9 nitrogen and oxygen atoms in total. The zero-order valence-corrected chi connectivity index (χ0v) is 16.4. The minimum atomic E-state index is -3.79. The maximum absolute atomic E-state index is 12.3. The van der Waals surface area contributed by atoms with Gasteiger partial charge in [0.05, 0.1) is 6.26 Å². The summed E-state index contributed by atoms with van der Waals surface area (Å²) in [6.45, 7) is 4.17. The fraction of sp³-hybridized carbons (Fsp3) is 0.769. The van der Waals surface area contributed by atoms with Gasteiger partial charge in [0.2, 0.25) is 20.0 Å². The average molecular weight is 383 g/mol. The van der Waals surface area contributed by atoms with E-state index in [9.17, 15) is 16.8 Å². The third-order valence-electron chi connectivity index (χ3n) is 3.37. The molecule has 11 heteroatoms. The van der Waals surface area contributed by atoms with Crippen molar-refractivity contribution in [3.05, 3.63) is 11.5 Å². The highest BCUT2D eigenvalue weighted by atomic mass is 32.2. The lowest BCUT2D eigenvalue weighted by atomic mass is 10.4. The molecule has 24 heavy (non-hydrogen) atoms. The highest BCUT2D eigenvalue weighted by Crippen LogP contribution is 2.18. The van der Waals surface area contributed by atoms with Gasteiger partial charge < -0.3 is 9.42 Å². The van der Waals surface area contributed by atoms with Crippen LogP contribution in [0, 0.1) is 13.8 Å². The summed E-state index contributed by atoms with van der Waals surface area (Å²) >= 11 is 0. The lowest BCUT2D eigenvalue weighted by Gasteiger charge is -2.21. The van der Waals surface area contributed by atoms with E-state index in [0.717, 1.165) is 12.8 Å². The molecule has 0 radical (unpaired) electrons. The van der Waals surface area contributed by atoms with Crippen molar-refractivity contribution in [1.82, 2.24) is 19.1 Å². The van der Waals surface area contributed by atoms with E-state index in [4.69, 9.17) is 4.52 Å². The Bertz CT molecular complexity index is 721. The third kappa shape index (κ3) is 6.13. The number of hydrogen-bond acceptors (Lipinski definition) is 7. The van der Waals surface area contributed by atoms with Gasteiger partial charge >= 0.3 is 0 Å². The lowest BCUT2D eigenvalue weighted by Crippen LogP contribution is -2.39. The Labute approximate surface area is 144 Å². The van der Waals surface area contributed by atoms with E-state index in [1.807, 2.05) is 19.0 Å². The molecule has 140 valence electrons. The average Bonchev–Trinajstić information content (AvgIpc) is 2.75. The largest absolute Gasteiger partial charge is 0.360 e. The van der Waals surface area contributed by atoms with Crippen LogP contribution in [0.3, 0.4) is 0 Å². The molecule has 1 heterocycles. The van der Waals surface area contributed by atoms with Gasteiger partial charge in [-0.25, -0.2) is 25.9 Å². The Morgan fingerprint density at radius 2 is 1.71 bits per heavy atom. The molecule has 0 amide bonds. The fourth-order valence-corrected chi connectivity index (χ4v) is 4.47. The molecule has 1 rings (SSSR count). The Kier molecular flexibility index (Phi) is 7.35. The number of nitrogens with zero attached hydrogens (tertiary/aromatic N) is 3. The van der Waals surface area contributed by atoms with Gasteiger partial charge in [0.1, 0.15) is 10.6 Å². The maximum atomic E-state index is 12.3. The first-order chi connectivity index (χ1) is 10.9. The topological polar surface area (TPSA) is 113 Å². The predicted molar refractivity (Wildman–Crippen MR) is 90.8 cm³/mol. The maximum Gasteiger partial charge on any atom is 0.246 e. The summed E-state index contributed by atoms with van der Waals surface area (Å²) < 4.78 is 56.7. The van der Waals surface area contributed by atoms with Gasteiger partial charge in [-0.1, -0.05) is 5.16 Å². The molecule has 0 aliphatic rings. The minimum absolute atomic E-state index is 0.000938. The van der Waals surface area contributed by atoms with Gasteiger partial charge in [-0.3, -0.25) is 0 Å². The molecule has 1 aromatic heterocycles. The Morgan fingerprint density at radius 1 is 1.08 bits per heavy atom. The molecule has 0 atom stereocenters. The van der Waals surface area contributed by atoms with Gasteiger partial charge in [-0.15, -0.1) is 0 Å². The Morgan fingerprint density at radius 3 is 2.17 bits per heavy atom. The summed E-state index contributed by atoms with van der Waals surface area (Å²) in [5.41, 5.74) is 0.269. The van der Waals surface area contributed by atoms with E-state index in [-0.39, 0.29) is 29.4 Å². The molecule has 0 bridgehead atoms. The van der Waals surface area contributed by atoms with Gasteiger partial charge in [-0.2, -0.15) is 0 Å². The monoisotopic (exact) mass is 382 g/mol. The lowest BCUT2D eigenvalue weighted by molar-refractivity contribution is 0.352. The molecule has 0 fully saturated rings. The van der Waals surface area contributed by atoms with E-state index >= 15 is 0 Å². The molecular formula is C13H26N4O5S2. The SMILES string of the molecule is Cc1noc(C)c1S(=O)(=O)NCCN(CCCN(C)C)S(C)(=O)=O. The van der Waals surface area contributed by atoms with Crippen LogP contribution in [-0.4, -0.2) is 77.7 Å². The van der Waals surface area contributed by atoms with Crippen molar-refractivity contribution in [2.75, 3.05) is 46.5 Å². The summed E-state index contributed by atoms with van der Waals surface area (Å²) in [5, 5.41) is 3.62. The first-order valence-electron chi connectivity index (χ1n) is 7.47. The van der Waals surface area contributed by atoms with Crippen molar-refractivity contribution in [2.45, 2.75) is 25.2 Å². The molecular weight excluding hydrogens is 356 g/mol. The second kappa shape index (κ2) is 8.39. The van der Waals surface area contributed by atoms with Crippen LogP contribution in [0.15, 0.2) is 9.42 Å². The van der Waals surface area contributed by atoms with Crippen molar-refractivity contribution >= 4 is 20.0 Å². The summed E-state index contributed by atoms with van der Waals surface area (Å²) in [7, 11) is -3.38. The van der Waals surface area contributed by atoms with Crippen LogP contribution in [-0.2, 0) is 20.0 Å². The van der Waals surface area contributed by atoms with E-state index in [0.29, 0.717) is 13.0 Å². The summed E-state index contributed by atoms with van der Waals surface area (Å²) in [5.74, 6) is 0.200. The van der Waals surface area contributed by atoms with Crippen LogP contribution < -0.4 is 4.72 Å². The number of aryl methyl sites for hydroxylation is 2. The molecule has 0 saturated carbocycles. The van der Waals surface area contributed by atoms with Crippen molar-refractivity contribution in [2.24, 2.45) is 0 Å². The number of nitrogens with one attached hydrogen (secondary N) is 1. The summed E-state index contributed by atoms with van der Waals surface area (Å²) in [6.07, 6.45) is 1.78. The predicted octanol–water partition coefficient (Wildman–Crippen LogP) is -0.217. The number of aromatic nitrogens is 1.